The maximum Gasteiger partial charge on any atom is 0.573 e. The van der Waals surface area contributed by atoms with E-state index < -0.39 is 48.4 Å². The van der Waals surface area contributed by atoms with Crippen LogP contribution in [0.3, 0.4) is 0 Å². The van der Waals surface area contributed by atoms with Gasteiger partial charge in [-0.25, -0.2) is 8.42 Å². The van der Waals surface area contributed by atoms with E-state index in [1.54, 1.807) is 0 Å². The normalized spacial score (nSPS) is 13.0. The molecule has 0 fully saturated rings. The summed E-state index contributed by atoms with van der Waals surface area (Å²) in [4.78, 5) is 6.96. The van der Waals surface area contributed by atoms with E-state index in [1.807, 2.05) is 0 Å². The molecule has 1 aromatic carbocycles. The van der Waals surface area contributed by atoms with Gasteiger partial charge in [0.05, 0.1) is 11.0 Å². The second-order valence-electron chi connectivity index (χ2n) is 3.56. The zero-order valence-corrected chi connectivity index (χ0v) is 11.3. The average molecular weight is 374 g/mol. The van der Waals surface area contributed by atoms with Crippen LogP contribution >= 0.6 is 10.7 Å². The first kappa shape index (κ1) is 18.3. The fraction of sp³-hybridized carbons (Fsp3) is 0.250. The Hall–Kier alpha value is -1.76. The number of ether oxygens (including phenoxy) is 1. The molecule has 0 amide bonds. The van der Waals surface area contributed by atoms with Gasteiger partial charge in [0.25, 0.3) is 14.7 Å². The van der Waals surface area contributed by atoms with Crippen LogP contribution in [0.2, 0.25) is 0 Å². The van der Waals surface area contributed by atoms with Gasteiger partial charge in [-0.15, -0.1) is 13.2 Å². The van der Waals surface area contributed by atoms with Crippen LogP contribution in [-0.4, -0.2) is 19.7 Å². The van der Waals surface area contributed by atoms with Crippen molar-refractivity contribution >= 4 is 25.4 Å². The molecule has 0 heterocycles. The molecule has 0 atom stereocenters. The molecule has 0 saturated carbocycles. The summed E-state index contributed by atoms with van der Waals surface area (Å²) < 4.78 is 99.9. The molecular formula is C8H2ClF6NO5S. The van der Waals surface area contributed by atoms with Crippen molar-refractivity contribution in [3.8, 4) is 5.75 Å². The number of rotatable bonds is 3. The van der Waals surface area contributed by atoms with Crippen molar-refractivity contribution in [2.24, 2.45) is 0 Å². The van der Waals surface area contributed by atoms with E-state index in [4.69, 9.17) is 10.7 Å². The molecule has 0 saturated heterocycles. The van der Waals surface area contributed by atoms with E-state index in [2.05, 4.69) is 4.74 Å². The number of hydrogen-bond donors (Lipinski definition) is 0. The molecule has 6 nitrogen and oxygen atoms in total. The third-order valence-corrected chi connectivity index (χ3v) is 3.38. The zero-order chi connectivity index (χ0) is 17.5. The number of nitro groups is 1. The number of nitro benzene ring substituents is 1. The van der Waals surface area contributed by atoms with Crippen LogP contribution in [0.15, 0.2) is 17.0 Å². The van der Waals surface area contributed by atoms with E-state index in [9.17, 15) is 44.9 Å². The molecule has 0 aliphatic heterocycles. The lowest BCUT2D eigenvalue weighted by atomic mass is 10.1. The van der Waals surface area contributed by atoms with Crippen LogP contribution in [0.1, 0.15) is 5.56 Å². The van der Waals surface area contributed by atoms with Crippen molar-refractivity contribution in [2.45, 2.75) is 17.4 Å². The smallest absolute Gasteiger partial charge is 0.405 e. The lowest BCUT2D eigenvalue weighted by molar-refractivity contribution is -0.388. The van der Waals surface area contributed by atoms with Crippen LogP contribution in [0.5, 0.6) is 5.75 Å². The molecule has 22 heavy (non-hydrogen) atoms. The summed E-state index contributed by atoms with van der Waals surface area (Å²) in [6.07, 6.45) is -11.0. The molecule has 0 spiro atoms. The second kappa shape index (κ2) is 5.46. The molecule has 0 aliphatic carbocycles. The maximum atomic E-state index is 12.8. The Balaban J connectivity index is 3.81. The molecule has 0 N–H and O–H groups in total. The summed E-state index contributed by atoms with van der Waals surface area (Å²) in [7, 11) is -0.548. The highest BCUT2D eigenvalue weighted by Crippen LogP contribution is 2.44. The molecule has 1 aromatic rings. The fourth-order valence-electron chi connectivity index (χ4n) is 1.39. The van der Waals surface area contributed by atoms with Crippen LogP contribution in [0, 0.1) is 10.1 Å². The standard InChI is InChI=1S/C8H2ClF6NO5S/c9-22(19,20)5-2-3(21-8(13,14)15)1-4(16(17)18)6(5)7(10,11)12/h1-2H. The highest BCUT2D eigenvalue weighted by molar-refractivity contribution is 8.13. The van der Waals surface area contributed by atoms with E-state index in [0.29, 0.717) is 0 Å². The van der Waals surface area contributed by atoms with Gasteiger partial charge in [-0.05, 0) is 0 Å². The highest BCUT2D eigenvalue weighted by Gasteiger charge is 2.45. The Morgan fingerprint density at radius 1 is 1.14 bits per heavy atom. The van der Waals surface area contributed by atoms with Crippen LogP contribution in [-0.2, 0) is 15.2 Å². The van der Waals surface area contributed by atoms with Crippen molar-refractivity contribution in [2.75, 3.05) is 0 Å². The Labute approximate surface area is 121 Å². The Kier molecular flexibility index (Phi) is 4.54. The number of nitrogens with zero attached hydrogens (tertiary/aromatic N) is 1. The SMILES string of the molecule is O=[N+]([O-])c1cc(OC(F)(F)F)cc(S(=O)(=O)Cl)c1C(F)(F)F. The van der Waals surface area contributed by atoms with Crippen molar-refractivity contribution in [3.05, 3.63) is 27.8 Å². The summed E-state index contributed by atoms with van der Waals surface area (Å²) >= 11 is 0. The Morgan fingerprint density at radius 3 is 1.95 bits per heavy atom. The van der Waals surface area contributed by atoms with Crippen molar-refractivity contribution in [1.82, 2.24) is 0 Å². The molecule has 14 heteroatoms. The van der Waals surface area contributed by atoms with Crippen molar-refractivity contribution in [3.63, 3.8) is 0 Å². The third-order valence-electron chi connectivity index (χ3n) is 2.03. The predicted molar refractivity (Wildman–Crippen MR) is 57.8 cm³/mol. The first-order valence-electron chi connectivity index (χ1n) is 4.73. The summed E-state index contributed by atoms with van der Waals surface area (Å²) in [5.74, 6) is -1.54. The predicted octanol–water partition coefficient (Wildman–Crippen LogP) is 3.44. The first-order valence-corrected chi connectivity index (χ1v) is 7.04. The van der Waals surface area contributed by atoms with Gasteiger partial charge in [0, 0.05) is 16.7 Å². The van der Waals surface area contributed by atoms with E-state index in [0.717, 1.165) is 0 Å². The summed E-state index contributed by atoms with van der Waals surface area (Å²) in [6.45, 7) is 0. The van der Waals surface area contributed by atoms with E-state index in [-0.39, 0.29) is 12.1 Å². The van der Waals surface area contributed by atoms with E-state index in [1.165, 1.54) is 0 Å². The minimum absolute atomic E-state index is 0.203. The summed E-state index contributed by atoms with van der Waals surface area (Å²) in [5, 5.41) is 10.6. The van der Waals surface area contributed by atoms with Gasteiger partial charge in [-0.1, -0.05) is 0 Å². The molecular weight excluding hydrogens is 372 g/mol. The number of hydrogen-bond acceptors (Lipinski definition) is 5. The third kappa shape index (κ3) is 4.37. The van der Waals surface area contributed by atoms with Crippen LogP contribution in [0.4, 0.5) is 32.0 Å². The minimum Gasteiger partial charge on any atom is -0.405 e. The fourth-order valence-corrected chi connectivity index (χ4v) is 2.48. The van der Waals surface area contributed by atoms with Gasteiger partial charge in [0.2, 0.25) is 0 Å². The maximum absolute atomic E-state index is 12.8. The number of halogens is 7. The van der Waals surface area contributed by atoms with Gasteiger partial charge in [-0.3, -0.25) is 10.1 Å². The molecule has 124 valence electrons. The summed E-state index contributed by atoms with van der Waals surface area (Å²) in [5.41, 5.74) is -4.25. The van der Waals surface area contributed by atoms with Crippen LogP contribution < -0.4 is 4.74 Å². The molecule has 1 rings (SSSR count). The highest BCUT2D eigenvalue weighted by atomic mass is 35.7. The molecule has 0 unspecified atom stereocenters. The molecule has 0 aliphatic rings. The molecule has 0 radical (unpaired) electrons. The van der Waals surface area contributed by atoms with Gasteiger partial charge in [-0.2, -0.15) is 13.2 Å². The van der Waals surface area contributed by atoms with Gasteiger partial charge < -0.3 is 4.74 Å². The van der Waals surface area contributed by atoms with Gasteiger partial charge >= 0.3 is 12.5 Å². The monoisotopic (exact) mass is 373 g/mol. The lowest BCUT2D eigenvalue weighted by Crippen LogP contribution is -2.19. The molecule has 0 bridgehead atoms. The number of alkyl halides is 6. The topological polar surface area (TPSA) is 86.5 Å². The largest absolute Gasteiger partial charge is 0.573 e. The minimum atomic E-state index is -5.56. The van der Waals surface area contributed by atoms with Crippen molar-refractivity contribution in [1.29, 1.82) is 0 Å². The van der Waals surface area contributed by atoms with Crippen LogP contribution in [0.25, 0.3) is 0 Å². The van der Waals surface area contributed by atoms with E-state index >= 15 is 0 Å². The Morgan fingerprint density at radius 2 is 1.64 bits per heavy atom. The average Bonchev–Trinajstić information content (AvgIpc) is 2.22. The lowest BCUT2D eigenvalue weighted by Gasteiger charge is -2.14. The van der Waals surface area contributed by atoms with Gasteiger partial charge in [0.1, 0.15) is 10.6 Å². The Bertz CT molecular complexity index is 713. The molecule has 0 aromatic heterocycles. The first-order chi connectivity index (χ1) is 9.63. The van der Waals surface area contributed by atoms with Crippen molar-refractivity contribution < 1.29 is 44.4 Å². The van der Waals surface area contributed by atoms with Gasteiger partial charge in [0.15, 0.2) is 5.56 Å². The summed E-state index contributed by atoms with van der Waals surface area (Å²) in [6, 6.07) is -0.409. The number of benzene rings is 1. The zero-order valence-electron chi connectivity index (χ0n) is 9.70. The quantitative estimate of drug-likeness (QED) is 0.350. The second-order valence-corrected chi connectivity index (χ2v) is 6.09.